The summed E-state index contributed by atoms with van der Waals surface area (Å²) >= 11 is 0. The molecule has 1 aromatic carbocycles. The van der Waals surface area contributed by atoms with Gasteiger partial charge in [-0.05, 0) is 56.8 Å². The van der Waals surface area contributed by atoms with Crippen molar-refractivity contribution in [1.82, 2.24) is 9.21 Å². The van der Waals surface area contributed by atoms with E-state index in [1.54, 1.807) is 25.1 Å². The van der Waals surface area contributed by atoms with E-state index in [-0.39, 0.29) is 23.5 Å². The lowest BCUT2D eigenvalue weighted by Crippen LogP contribution is -2.49. The number of aliphatic hydroxyl groups is 1. The predicted octanol–water partition coefficient (Wildman–Crippen LogP) is 3.19. The van der Waals surface area contributed by atoms with Gasteiger partial charge in [-0.2, -0.15) is 4.31 Å². The number of rotatable bonds is 7. The van der Waals surface area contributed by atoms with Crippen LogP contribution in [0.5, 0.6) is 5.75 Å². The van der Waals surface area contributed by atoms with E-state index in [9.17, 15) is 13.5 Å². The van der Waals surface area contributed by atoms with E-state index in [1.807, 2.05) is 6.92 Å². The lowest BCUT2D eigenvalue weighted by atomic mass is 10.0. The van der Waals surface area contributed by atoms with Crippen molar-refractivity contribution < 1.29 is 18.3 Å². The number of ether oxygens (including phenoxy) is 1. The Kier molecular flexibility index (Phi) is 8.26. The van der Waals surface area contributed by atoms with Crippen LogP contribution in [-0.2, 0) is 10.0 Å². The van der Waals surface area contributed by atoms with Crippen LogP contribution in [0.25, 0.3) is 0 Å². The Hall–Kier alpha value is -1.59. The van der Waals surface area contributed by atoms with Gasteiger partial charge in [0.15, 0.2) is 0 Å². The van der Waals surface area contributed by atoms with Gasteiger partial charge in [0.25, 0.3) is 0 Å². The fourth-order valence-electron chi connectivity index (χ4n) is 4.00. The summed E-state index contributed by atoms with van der Waals surface area (Å²) < 4.78 is 34.9. The fourth-order valence-corrected chi connectivity index (χ4v) is 5.83. The summed E-state index contributed by atoms with van der Waals surface area (Å²) in [6.07, 6.45) is 3.18. The molecule has 32 heavy (non-hydrogen) atoms. The summed E-state index contributed by atoms with van der Waals surface area (Å²) in [5.41, 5.74) is 0.750. The highest BCUT2D eigenvalue weighted by Crippen LogP contribution is 2.35. The van der Waals surface area contributed by atoms with Crippen molar-refractivity contribution in [2.45, 2.75) is 64.0 Å². The second-order valence-electron chi connectivity index (χ2n) is 9.97. The van der Waals surface area contributed by atoms with E-state index < -0.39 is 16.1 Å². The zero-order valence-electron chi connectivity index (χ0n) is 20.0. The normalized spacial score (nSPS) is 24.1. The van der Waals surface area contributed by atoms with E-state index in [2.05, 4.69) is 37.6 Å². The second-order valence-corrected chi connectivity index (χ2v) is 11.8. The summed E-state index contributed by atoms with van der Waals surface area (Å²) in [5.74, 6) is 7.88. The SMILES string of the molecule is CC(C)CC#Cc1ccc2c(c1)O[C@@H](CN(C)CC1CC1)[C@@H](C)CN([C@@H](C)CO)S2(=O)=O. The first-order chi connectivity index (χ1) is 15.1. The minimum absolute atomic E-state index is 0.0377. The molecule has 1 fully saturated rings. The minimum Gasteiger partial charge on any atom is -0.487 e. The van der Waals surface area contributed by atoms with E-state index in [1.165, 1.54) is 17.1 Å². The smallest absolute Gasteiger partial charge is 0.247 e. The predicted molar refractivity (Wildman–Crippen MR) is 127 cm³/mol. The molecular formula is C25H38N2O4S. The summed E-state index contributed by atoms with van der Waals surface area (Å²) in [4.78, 5) is 2.44. The maximum Gasteiger partial charge on any atom is 0.247 e. The molecule has 6 nitrogen and oxygen atoms in total. The molecule has 0 amide bonds. The molecule has 3 atom stereocenters. The van der Waals surface area contributed by atoms with Crippen LogP contribution in [0.15, 0.2) is 23.1 Å². The van der Waals surface area contributed by atoms with Crippen LogP contribution in [0.2, 0.25) is 0 Å². The number of nitrogens with zero attached hydrogens (tertiary/aromatic N) is 2. The number of hydrogen-bond acceptors (Lipinski definition) is 5. The third-order valence-electron chi connectivity index (χ3n) is 6.17. The van der Waals surface area contributed by atoms with Crippen molar-refractivity contribution in [1.29, 1.82) is 0 Å². The largest absolute Gasteiger partial charge is 0.487 e. The molecule has 3 rings (SSSR count). The highest BCUT2D eigenvalue weighted by molar-refractivity contribution is 7.89. The topological polar surface area (TPSA) is 70.1 Å². The van der Waals surface area contributed by atoms with E-state index in [0.29, 0.717) is 18.2 Å². The summed E-state index contributed by atoms with van der Waals surface area (Å²) in [7, 11) is -1.71. The molecule has 0 bridgehead atoms. The van der Waals surface area contributed by atoms with Gasteiger partial charge in [0.05, 0.1) is 6.61 Å². The molecular weight excluding hydrogens is 424 g/mol. The molecule has 1 N–H and O–H groups in total. The molecule has 0 unspecified atom stereocenters. The zero-order valence-corrected chi connectivity index (χ0v) is 20.9. The lowest BCUT2D eigenvalue weighted by molar-refractivity contribution is 0.0740. The molecule has 1 saturated carbocycles. The van der Waals surface area contributed by atoms with Gasteiger partial charge in [-0.25, -0.2) is 8.42 Å². The Morgan fingerprint density at radius 1 is 1.25 bits per heavy atom. The highest BCUT2D eigenvalue weighted by atomic mass is 32.2. The van der Waals surface area contributed by atoms with Gasteiger partial charge in [-0.1, -0.05) is 32.6 Å². The van der Waals surface area contributed by atoms with Gasteiger partial charge in [-0.15, -0.1) is 0 Å². The number of fused-ring (bicyclic) bond motifs is 1. The first-order valence-corrected chi connectivity index (χ1v) is 13.2. The van der Waals surface area contributed by atoms with E-state index in [0.717, 1.165) is 31.0 Å². The van der Waals surface area contributed by atoms with Crippen LogP contribution < -0.4 is 4.74 Å². The van der Waals surface area contributed by atoms with Crippen LogP contribution >= 0.6 is 0 Å². The van der Waals surface area contributed by atoms with E-state index in [4.69, 9.17) is 4.74 Å². The highest BCUT2D eigenvalue weighted by Gasteiger charge is 2.38. The Morgan fingerprint density at radius 2 is 1.97 bits per heavy atom. The van der Waals surface area contributed by atoms with Crippen molar-refractivity contribution in [3.8, 4) is 17.6 Å². The van der Waals surface area contributed by atoms with Crippen LogP contribution in [0.4, 0.5) is 0 Å². The zero-order chi connectivity index (χ0) is 23.5. The number of aliphatic hydroxyl groups excluding tert-OH is 1. The first-order valence-electron chi connectivity index (χ1n) is 11.7. The molecule has 0 aromatic heterocycles. The number of sulfonamides is 1. The van der Waals surface area contributed by atoms with Crippen LogP contribution in [-0.4, -0.2) is 68.2 Å². The average molecular weight is 463 g/mol. The van der Waals surface area contributed by atoms with Crippen LogP contribution in [0, 0.1) is 29.6 Å². The maximum absolute atomic E-state index is 13.5. The second kappa shape index (κ2) is 10.6. The van der Waals surface area contributed by atoms with Crippen molar-refractivity contribution in [3.63, 3.8) is 0 Å². The van der Waals surface area contributed by atoms with Gasteiger partial charge in [0.1, 0.15) is 16.7 Å². The van der Waals surface area contributed by atoms with Crippen LogP contribution in [0.1, 0.15) is 52.5 Å². The summed E-state index contributed by atoms with van der Waals surface area (Å²) in [5, 5.41) is 9.76. The van der Waals surface area contributed by atoms with Gasteiger partial charge >= 0.3 is 0 Å². The maximum atomic E-state index is 13.5. The van der Waals surface area contributed by atoms with Crippen molar-refractivity contribution >= 4 is 10.0 Å². The van der Waals surface area contributed by atoms with Gasteiger partial charge in [0.2, 0.25) is 10.0 Å². The van der Waals surface area contributed by atoms with E-state index >= 15 is 0 Å². The standard InChI is InChI=1S/C25H38N2O4S/c1-18(2)7-6-8-21-11-12-25-23(13-21)31-24(16-26(5)15-22-9-10-22)19(3)14-27(20(4)17-28)32(25,29)30/h11-13,18-20,22,24,28H,7,9-10,14-17H2,1-5H3/t19-,20-,24-/m0/s1. The van der Waals surface area contributed by atoms with Crippen molar-refractivity contribution in [2.24, 2.45) is 17.8 Å². The molecule has 1 aliphatic carbocycles. The average Bonchev–Trinajstić information content (AvgIpc) is 3.53. The van der Waals surface area contributed by atoms with Crippen molar-refractivity contribution in [3.05, 3.63) is 23.8 Å². The molecule has 178 valence electrons. The molecule has 1 aliphatic heterocycles. The third kappa shape index (κ3) is 6.26. The lowest BCUT2D eigenvalue weighted by Gasteiger charge is -2.37. The molecule has 0 radical (unpaired) electrons. The molecule has 2 aliphatic rings. The Balaban J connectivity index is 1.98. The molecule has 0 saturated heterocycles. The first kappa shape index (κ1) is 25.0. The molecule has 1 aromatic rings. The summed E-state index contributed by atoms with van der Waals surface area (Å²) in [6.45, 7) is 9.84. The van der Waals surface area contributed by atoms with Gasteiger partial charge in [0, 0.05) is 43.6 Å². The molecule has 1 heterocycles. The quantitative estimate of drug-likeness (QED) is 0.630. The molecule has 7 heteroatoms. The Morgan fingerprint density at radius 3 is 2.59 bits per heavy atom. The monoisotopic (exact) mass is 462 g/mol. The molecule has 0 spiro atoms. The third-order valence-corrected chi connectivity index (χ3v) is 8.19. The fraction of sp³-hybridized carbons (Fsp3) is 0.680. The van der Waals surface area contributed by atoms with Crippen LogP contribution in [0.3, 0.4) is 0 Å². The van der Waals surface area contributed by atoms with Crippen molar-refractivity contribution in [2.75, 3.05) is 33.3 Å². The Bertz CT molecular complexity index is 946. The number of hydrogen-bond donors (Lipinski definition) is 1. The Labute approximate surface area is 194 Å². The number of benzene rings is 1. The van der Waals surface area contributed by atoms with Gasteiger partial charge in [-0.3, -0.25) is 0 Å². The minimum atomic E-state index is -3.81. The number of likely N-dealkylation sites (N-methyl/N-ethyl adjacent to an activating group) is 1. The summed E-state index contributed by atoms with van der Waals surface area (Å²) in [6, 6.07) is 4.59. The van der Waals surface area contributed by atoms with Gasteiger partial charge < -0.3 is 14.7 Å².